The third-order valence-electron chi connectivity index (χ3n) is 1.93. The van der Waals surface area contributed by atoms with E-state index in [1.165, 1.54) is 0 Å². The van der Waals surface area contributed by atoms with Crippen LogP contribution < -0.4 is 0 Å². The highest BCUT2D eigenvalue weighted by Gasteiger charge is 2.23. The minimum atomic E-state index is -1.01. The fourth-order valence-corrected chi connectivity index (χ4v) is 1.11. The Bertz CT molecular complexity index is 143. The Kier molecular flexibility index (Phi) is 2.84. The molecular weight excluding hydrogens is 146 g/mol. The summed E-state index contributed by atoms with van der Waals surface area (Å²) in [6.45, 7) is 4.26. The van der Waals surface area contributed by atoms with Gasteiger partial charge in [-0.3, -0.25) is 4.90 Å². The van der Waals surface area contributed by atoms with Crippen LogP contribution in [0.2, 0.25) is 0 Å². The van der Waals surface area contributed by atoms with Crippen LogP contribution in [0.5, 0.6) is 0 Å². The molecule has 4 heteroatoms. The largest absolute Gasteiger partial charge is 0.379 e. The van der Waals surface area contributed by atoms with Crippen LogP contribution in [0, 0.1) is 0 Å². The number of hydrogen-bond donors (Lipinski definition) is 0. The van der Waals surface area contributed by atoms with Crippen LogP contribution in [0.15, 0.2) is 0 Å². The average Bonchev–Trinajstić information content (AvgIpc) is 2.05. The smallest absolute Gasteiger partial charge is 0.372 e. The van der Waals surface area contributed by atoms with E-state index in [1.807, 2.05) is 4.90 Å². The molecule has 1 atom stereocenters. The van der Waals surface area contributed by atoms with Crippen molar-refractivity contribution in [2.24, 2.45) is 0 Å². The number of hydrogen-bond acceptors (Lipinski definition) is 3. The number of ether oxygens (including phenoxy) is 1. The summed E-state index contributed by atoms with van der Waals surface area (Å²) in [7, 11) is 0. The van der Waals surface area contributed by atoms with Gasteiger partial charge in [0.15, 0.2) is 0 Å². The fraction of sp³-hybridized carbons (Fsp3) is 0.857. The minimum absolute atomic E-state index is 0.487. The van der Waals surface area contributed by atoms with Crippen molar-refractivity contribution >= 4 is 5.97 Å². The number of carbonyl (C=O) groups is 1. The lowest BCUT2D eigenvalue weighted by molar-refractivity contribution is -0.150. The molecular formula is C7H12NO3. The molecule has 0 aromatic heterocycles. The van der Waals surface area contributed by atoms with Gasteiger partial charge in [0, 0.05) is 13.1 Å². The van der Waals surface area contributed by atoms with Crippen molar-refractivity contribution in [3.8, 4) is 0 Å². The number of nitrogens with zero attached hydrogens (tertiary/aromatic N) is 1. The second-order valence-electron chi connectivity index (χ2n) is 2.64. The van der Waals surface area contributed by atoms with E-state index >= 15 is 0 Å². The lowest BCUT2D eigenvalue weighted by Crippen LogP contribution is -2.45. The molecule has 0 bridgehead atoms. The van der Waals surface area contributed by atoms with Crippen LogP contribution in [0.3, 0.4) is 0 Å². The van der Waals surface area contributed by atoms with Gasteiger partial charge < -0.3 is 4.74 Å². The molecule has 0 amide bonds. The first-order chi connectivity index (χ1) is 5.22. The number of carbonyl (C=O) groups excluding carboxylic acids is 1. The van der Waals surface area contributed by atoms with Gasteiger partial charge in [0.05, 0.1) is 13.2 Å². The Morgan fingerprint density at radius 1 is 1.45 bits per heavy atom. The molecule has 0 saturated carbocycles. The quantitative estimate of drug-likeness (QED) is 0.552. The van der Waals surface area contributed by atoms with Crippen molar-refractivity contribution in [2.75, 3.05) is 26.3 Å². The monoisotopic (exact) mass is 158 g/mol. The highest BCUT2D eigenvalue weighted by Crippen LogP contribution is 2.02. The summed E-state index contributed by atoms with van der Waals surface area (Å²) in [6.07, 6.45) is 0. The van der Waals surface area contributed by atoms with Crippen LogP contribution in [0.25, 0.3) is 0 Å². The van der Waals surface area contributed by atoms with Crippen molar-refractivity contribution in [1.82, 2.24) is 4.90 Å². The van der Waals surface area contributed by atoms with Crippen molar-refractivity contribution in [1.29, 1.82) is 0 Å². The molecule has 1 heterocycles. The van der Waals surface area contributed by atoms with Crippen molar-refractivity contribution in [2.45, 2.75) is 13.0 Å². The number of rotatable bonds is 2. The third kappa shape index (κ3) is 2.17. The van der Waals surface area contributed by atoms with Crippen LogP contribution in [0.4, 0.5) is 0 Å². The topological polar surface area (TPSA) is 49.4 Å². The maximum atomic E-state index is 10.4. The minimum Gasteiger partial charge on any atom is -0.379 e. The first-order valence-electron chi connectivity index (χ1n) is 3.74. The lowest BCUT2D eigenvalue weighted by Gasteiger charge is -2.28. The van der Waals surface area contributed by atoms with Crippen molar-refractivity contribution in [3.05, 3.63) is 0 Å². The molecule has 0 aromatic rings. The maximum Gasteiger partial charge on any atom is 0.372 e. The number of morpholine rings is 1. The van der Waals surface area contributed by atoms with E-state index in [9.17, 15) is 9.90 Å². The molecule has 63 valence electrons. The average molecular weight is 158 g/mol. The summed E-state index contributed by atoms with van der Waals surface area (Å²) < 4.78 is 5.07. The second kappa shape index (κ2) is 3.69. The Balaban J connectivity index is 2.38. The van der Waals surface area contributed by atoms with E-state index in [0.717, 1.165) is 0 Å². The second-order valence-corrected chi connectivity index (χ2v) is 2.64. The fourth-order valence-electron chi connectivity index (χ4n) is 1.11. The van der Waals surface area contributed by atoms with E-state index in [0.29, 0.717) is 26.3 Å². The molecule has 1 unspecified atom stereocenters. The van der Waals surface area contributed by atoms with Crippen molar-refractivity contribution in [3.63, 3.8) is 0 Å². The lowest BCUT2D eigenvalue weighted by atomic mass is 10.2. The van der Waals surface area contributed by atoms with E-state index in [2.05, 4.69) is 0 Å². The molecule has 1 aliphatic rings. The molecule has 4 nitrogen and oxygen atoms in total. The molecule has 0 spiro atoms. The molecule has 0 aliphatic carbocycles. The zero-order valence-corrected chi connectivity index (χ0v) is 6.58. The summed E-state index contributed by atoms with van der Waals surface area (Å²) in [5.41, 5.74) is 0. The Labute approximate surface area is 65.8 Å². The molecule has 11 heavy (non-hydrogen) atoms. The SMILES string of the molecule is CC(C([O])=O)N1CCOCC1. The van der Waals surface area contributed by atoms with Crippen LogP contribution >= 0.6 is 0 Å². The van der Waals surface area contributed by atoms with E-state index in [-0.39, 0.29) is 0 Å². The van der Waals surface area contributed by atoms with Gasteiger partial charge >= 0.3 is 5.97 Å². The zero-order chi connectivity index (χ0) is 8.27. The van der Waals surface area contributed by atoms with Gasteiger partial charge in [-0.25, -0.2) is 9.90 Å². The van der Waals surface area contributed by atoms with E-state index < -0.39 is 12.0 Å². The molecule has 0 aromatic carbocycles. The maximum absolute atomic E-state index is 10.4. The van der Waals surface area contributed by atoms with E-state index in [4.69, 9.17) is 4.74 Å². The van der Waals surface area contributed by atoms with Gasteiger partial charge in [-0.2, -0.15) is 0 Å². The Morgan fingerprint density at radius 2 is 2.00 bits per heavy atom. The predicted octanol–water partition coefficient (Wildman–Crippen LogP) is -0.336. The molecule has 1 rings (SSSR count). The van der Waals surface area contributed by atoms with Crippen molar-refractivity contribution < 1.29 is 14.6 Å². The van der Waals surface area contributed by atoms with Gasteiger partial charge in [0.2, 0.25) is 0 Å². The van der Waals surface area contributed by atoms with Gasteiger partial charge in [-0.05, 0) is 6.92 Å². The molecule has 1 saturated heterocycles. The van der Waals surface area contributed by atoms with Gasteiger partial charge in [0.1, 0.15) is 6.04 Å². The summed E-state index contributed by atoms with van der Waals surface area (Å²) in [6, 6.07) is -0.487. The van der Waals surface area contributed by atoms with Crippen LogP contribution in [-0.2, 0) is 14.6 Å². The predicted molar refractivity (Wildman–Crippen MR) is 37.5 cm³/mol. The molecule has 1 aliphatic heterocycles. The van der Waals surface area contributed by atoms with Gasteiger partial charge in [-0.15, -0.1) is 0 Å². The Hall–Kier alpha value is -0.610. The Morgan fingerprint density at radius 3 is 2.45 bits per heavy atom. The van der Waals surface area contributed by atoms with Crippen LogP contribution in [0.1, 0.15) is 6.92 Å². The molecule has 1 fully saturated rings. The normalized spacial score (nSPS) is 23.0. The van der Waals surface area contributed by atoms with Gasteiger partial charge in [-0.1, -0.05) is 0 Å². The standard InChI is InChI=1S/C7H12NO3/c1-6(7(9)10)8-2-4-11-5-3-8/h6H,2-5H2,1H3. The first kappa shape index (κ1) is 8.49. The zero-order valence-electron chi connectivity index (χ0n) is 6.58. The molecule has 1 radical (unpaired) electrons. The third-order valence-corrected chi connectivity index (χ3v) is 1.93. The summed E-state index contributed by atoms with van der Waals surface area (Å²) in [4.78, 5) is 12.3. The summed E-state index contributed by atoms with van der Waals surface area (Å²) >= 11 is 0. The first-order valence-corrected chi connectivity index (χ1v) is 3.74. The van der Waals surface area contributed by atoms with E-state index in [1.54, 1.807) is 6.92 Å². The van der Waals surface area contributed by atoms with Crippen LogP contribution in [-0.4, -0.2) is 43.2 Å². The summed E-state index contributed by atoms with van der Waals surface area (Å²) in [5.74, 6) is -1.01. The highest BCUT2D eigenvalue weighted by atomic mass is 16.5. The van der Waals surface area contributed by atoms with Gasteiger partial charge in [0.25, 0.3) is 0 Å². The summed E-state index contributed by atoms with van der Waals surface area (Å²) in [5, 5.41) is 10.4. The molecule has 0 N–H and O–H groups in total. The highest BCUT2D eigenvalue weighted by molar-refractivity contribution is 5.72.